The normalized spacial score (nSPS) is 21.9. The minimum atomic E-state index is -0.256. The monoisotopic (exact) mass is 276 g/mol. The number of carbonyl (C=O) groups is 1. The summed E-state index contributed by atoms with van der Waals surface area (Å²) in [6.45, 7) is 4.26. The summed E-state index contributed by atoms with van der Waals surface area (Å²) in [5.41, 5.74) is 0.536. The van der Waals surface area contributed by atoms with Crippen LogP contribution in [0, 0.1) is 5.41 Å². The van der Waals surface area contributed by atoms with Crippen molar-refractivity contribution >= 4 is 5.91 Å². The van der Waals surface area contributed by atoms with Crippen LogP contribution in [0.15, 0.2) is 24.3 Å². The Morgan fingerprint density at radius 1 is 1.45 bits per heavy atom. The zero-order chi connectivity index (χ0) is 14.6. The Hall–Kier alpha value is -1.55. The first kappa shape index (κ1) is 14.9. The van der Waals surface area contributed by atoms with E-state index < -0.39 is 0 Å². The van der Waals surface area contributed by atoms with E-state index in [9.17, 15) is 9.90 Å². The van der Waals surface area contributed by atoms with E-state index in [1.807, 2.05) is 19.2 Å². The summed E-state index contributed by atoms with van der Waals surface area (Å²) < 4.78 is 0. The molecule has 0 aromatic heterocycles. The summed E-state index contributed by atoms with van der Waals surface area (Å²) in [4.78, 5) is 14.5. The largest absolute Gasteiger partial charge is 0.508 e. The number of amides is 1. The summed E-state index contributed by atoms with van der Waals surface area (Å²) in [6.07, 6.45) is 2.84. The van der Waals surface area contributed by atoms with Gasteiger partial charge >= 0.3 is 0 Å². The van der Waals surface area contributed by atoms with E-state index in [0.29, 0.717) is 6.54 Å². The molecular weight excluding hydrogens is 252 g/mol. The second-order valence-electron chi connectivity index (χ2n) is 5.75. The Bertz CT molecular complexity index is 467. The van der Waals surface area contributed by atoms with Crippen LogP contribution in [-0.4, -0.2) is 36.1 Å². The van der Waals surface area contributed by atoms with Gasteiger partial charge in [0.2, 0.25) is 5.91 Å². The molecular formula is C16H24N2O2. The summed E-state index contributed by atoms with van der Waals surface area (Å²) >= 11 is 0. The van der Waals surface area contributed by atoms with Crippen molar-refractivity contribution in [1.82, 2.24) is 10.2 Å². The number of carbonyl (C=O) groups excluding carboxylic acids is 1. The van der Waals surface area contributed by atoms with Gasteiger partial charge in [-0.3, -0.25) is 4.79 Å². The summed E-state index contributed by atoms with van der Waals surface area (Å²) in [7, 11) is 1.82. The molecule has 1 atom stereocenters. The van der Waals surface area contributed by atoms with Crippen molar-refractivity contribution in [3.8, 4) is 5.75 Å². The van der Waals surface area contributed by atoms with Crippen molar-refractivity contribution in [3.05, 3.63) is 29.8 Å². The number of aromatic hydroxyl groups is 1. The van der Waals surface area contributed by atoms with Gasteiger partial charge in [0.1, 0.15) is 5.75 Å². The predicted molar refractivity (Wildman–Crippen MR) is 79.4 cm³/mol. The molecule has 1 fully saturated rings. The van der Waals surface area contributed by atoms with Crippen LogP contribution >= 0.6 is 0 Å². The lowest BCUT2D eigenvalue weighted by Crippen LogP contribution is -2.43. The number of nitrogens with one attached hydrogen (secondary N) is 1. The summed E-state index contributed by atoms with van der Waals surface area (Å²) in [6, 6.07) is 7.19. The van der Waals surface area contributed by atoms with Crippen LogP contribution in [0.4, 0.5) is 0 Å². The number of hydrogen-bond acceptors (Lipinski definition) is 3. The predicted octanol–water partition coefficient (Wildman–Crippen LogP) is 2.13. The van der Waals surface area contributed by atoms with Gasteiger partial charge in [0.25, 0.3) is 0 Å². The van der Waals surface area contributed by atoms with Crippen LogP contribution in [0.2, 0.25) is 0 Å². The van der Waals surface area contributed by atoms with E-state index in [0.717, 1.165) is 37.9 Å². The molecule has 110 valence electrons. The van der Waals surface area contributed by atoms with Gasteiger partial charge in [0.15, 0.2) is 0 Å². The van der Waals surface area contributed by atoms with Gasteiger partial charge in [0.05, 0.1) is 5.41 Å². The van der Waals surface area contributed by atoms with Crippen molar-refractivity contribution in [2.75, 3.05) is 20.1 Å². The first-order valence-electron chi connectivity index (χ1n) is 7.32. The highest BCUT2D eigenvalue weighted by molar-refractivity contribution is 5.83. The van der Waals surface area contributed by atoms with Gasteiger partial charge < -0.3 is 15.3 Å². The van der Waals surface area contributed by atoms with Crippen LogP contribution in [-0.2, 0) is 11.3 Å². The molecule has 1 aliphatic heterocycles. The van der Waals surface area contributed by atoms with Crippen LogP contribution in [0.1, 0.15) is 31.7 Å². The molecule has 20 heavy (non-hydrogen) atoms. The molecule has 1 saturated heterocycles. The highest BCUT2D eigenvalue weighted by atomic mass is 16.3. The van der Waals surface area contributed by atoms with Crippen LogP contribution in [0.3, 0.4) is 0 Å². The number of benzene rings is 1. The molecule has 1 heterocycles. The third-order valence-corrected chi connectivity index (χ3v) is 4.17. The summed E-state index contributed by atoms with van der Waals surface area (Å²) in [5.74, 6) is 0.439. The third-order valence-electron chi connectivity index (χ3n) is 4.17. The van der Waals surface area contributed by atoms with Crippen LogP contribution < -0.4 is 5.32 Å². The van der Waals surface area contributed by atoms with Crippen LogP contribution in [0.5, 0.6) is 5.75 Å². The van der Waals surface area contributed by atoms with Crippen molar-refractivity contribution in [3.63, 3.8) is 0 Å². The molecule has 0 bridgehead atoms. The number of phenolic OH excluding ortho intramolecular Hbond substituents is 1. The lowest BCUT2D eigenvalue weighted by Gasteiger charge is -2.31. The van der Waals surface area contributed by atoms with Gasteiger partial charge in [0, 0.05) is 25.7 Å². The first-order valence-corrected chi connectivity index (χ1v) is 7.32. The molecule has 4 nitrogen and oxygen atoms in total. The molecule has 4 heteroatoms. The fraction of sp³-hybridized carbons (Fsp3) is 0.562. The third kappa shape index (κ3) is 2.96. The van der Waals surface area contributed by atoms with E-state index in [1.165, 1.54) is 0 Å². The van der Waals surface area contributed by atoms with Gasteiger partial charge in [-0.15, -0.1) is 0 Å². The molecule has 1 aliphatic rings. The van der Waals surface area contributed by atoms with E-state index >= 15 is 0 Å². The van der Waals surface area contributed by atoms with Crippen molar-refractivity contribution in [2.24, 2.45) is 5.41 Å². The zero-order valence-electron chi connectivity index (χ0n) is 12.4. The number of phenols is 1. The molecule has 1 amide bonds. The molecule has 1 unspecified atom stereocenters. The first-order chi connectivity index (χ1) is 9.59. The molecule has 0 saturated carbocycles. The van der Waals surface area contributed by atoms with E-state index in [1.54, 1.807) is 17.0 Å². The van der Waals surface area contributed by atoms with E-state index in [-0.39, 0.29) is 17.1 Å². The van der Waals surface area contributed by atoms with Crippen molar-refractivity contribution in [2.45, 2.75) is 32.7 Å². The lowest BCUT2D eigenvalue weighted by molar-refractivity contribution is -0.140. The fourth-order valence-electron chi connectivity index (χ4n) is 3.10. The Morgan fingerprint density at radius 2 is 2.20 bits per heavy atom. The molecule has 0 spiro atoms. The molecule has 1 aromatic carbocycles. The van der Waals surface area contributed by atoms with E-state index in [2.05, 4.69) is 12.2 Å². The number of para-hydroxylation sites is 1. The molecule has 1 aromatic rings. The van der Waals surface area contributed by atoms with Crippen molar-refractivity contribution in [1.29, 1.82) is 0 Å². The smallest absolute Gasteiger partial charge is 0.230 e. The maximum atomic E-state index is 12.8. The lowest BCUT2D eigenvalue weighted by atomic mass is 9.81. The average Bonchev–Trinajstić information content (AvgIpc) is 2.90. The Labute approximate surface area is 120 Å². The molecule has 0 radical (unpaired) electrons. The summed E-state index contributed by atoms with van der Waals surface area (Å²) in [5, 5.41) is 13.1. The maximum absolute atomic E-state index is 12.8. The Balaban J connectivity index is 2.10. The maximum Gasteiger partial charge on any atom is 0.230 e. The van der Waals surface area contributed by atoms with Gasteiger partial charge in [-0.1, -0.05) is 31.5 Å². The quantitative estimate of drug-likeness (QED) is 0.866. The molecule has 0 aliphatic carbocycles. The minimum Gasteiger partial charge on any atom is -0.508 e. The second kappa shape index (κ2) is 6.27. The number of rotatable bonds is 5. The second-order valence-corrected chi connectivity index (χ2v) is 5.75. The Kier molecular flexibility index (Phi) is 4.65. The number of hydrogen-bond donors (Lipinski definition) is 2. The van der Waals surface area contributed by atoms with E-state index in [4.69, 9.17) is 0 Å². The van der Waals surface area contributed by atoms with Gasteiger partial charge in [-0.2, -0.15) is 0 Å². The van der Waals surface area contributed by atoms with Gasteiger partial charge in [-0.05, 0) is 25.5 Å². The standard InChI is InChI=1S/C16H24N2O2/c1-3-8-16(9-10-17-12-16)15(20)18(2)11-13-6-4-5-7-14(13)19/h4-7,17,19H,3,8-12H2,1-2H3. The SMILES string of the molecule is CCCC1(C(=O)N(C)Cc2ccccc2O)CCNC1. The average molecular weight is 276 g/mol. The fourth-order valence-corrected chi connectivity index (χ4v) is 3.10. The van der Waals surface area contributed by atoms with Gasteiger partial charge in [-0.25, -0.2) is 0 Å². The highest BCUT2D eigenvalue weighted by Gasteiger charge is 2.41. The minimum absolute atomic E-state index is 0.188. The topological polar surface area (TPSA) is 52.6 Å². The van der Waals surface area contributed by atoms with Crippen LogP contribution in [0.25, 0.3) is 0 Å². The van der Waals surface area contributed by atoms with Crippen molar-refractivity contribution < 1.29 is 9.90 Å². The molecule has 2 N–H and O–H groups in total. The Morgan fingerprint density at radius 3 is 2.80 bits per heavy atom. The zero-order valence-corrected chi connectivity index (χ0v) is 12.4. The highest BCUT2D eigenvalue weighted by Crippen LogP contribution is 2.33. The molecule has 2 rings (SSSR count). The number of nitrogens with zero attached hydrogens (tertiary/aromatic N) is 1.